The first-order valence-electron chi connectivity index (χ1n) is 7.11. The maximum Gasteiger partial charge on any atom is 0.279 e. The van der Waals surface area contributed by atoms with Crippen molar-refractivity contribution in [3.05, 3.63) is 18.2 Å². The Morgan fingerprint density at radius 2 is 2.10 bits per heavy atom. The molecule has 1 aromatic carbocycles. The highest BCUT2D eigenvalue weighted by Gasteiger charge is 2.29. The molecule has 1 aliphatic rings. The van der Waals surface area contributed by atoms with E-state index in [-0.39, 0.29) is 11.7 Å². The zero-order valence-corrected chi connectivity index (χ0v) is 12.9. The summed E-state index contributed by atoms with van der Waals surface area (Å²) in [6.45, 7) is 4.30. The Morgan fingerprint density at radius 3 is 2.71 bits per heavy atom. The van der Waals surface area contributed by atoms with Crippen LogP contribution in [-0.4, -0.2) is 74.3 Å². The number of phenols is 1. The Hall–Kier alpha value is -1.79. The number of quaternary nitrogens is 1. The molecule has 0 radical (unpaired) electrons. The first-order valence-corrected chi connectivity index (χ1v) is 7.11. The molecule has 0 aromatic heterocycles. The van der Waals surface area contributed by atoms with Gasteiger partial charge in [-0.05, 0) is 19.2 Å². The minimum absolute atomic E-state index is 0.0465. The third-order valence-electron chi connectivity index (χ3n) is 4.05. The van der Waals surface area contributed by atoms with Gasteiger partial charge in [0.2, 0.25) is 0 Å². The van der Waals surface area contributed by atoms with Gasteiger partial charge < -0.3 is 19.6 Å². The van der Waals surface area contributed by atoms with Crippen LogP contribution in [0.3, 0.4) is 0 Å². The van der Waals surface area contributed by atoms with E-state index in [1.807, 2.05) is 0 Å². The van der Waals surface area contributed by atoms with E-state index >= 15 is 0 Å². The molecule has 0 saturated carbocycles. The lowest BCUT2D eigenvalue weighted by Gasteiger charge is -2.40. The Balaban J connectivity index is 1.98. The first-order chi connectivity index (χ1) is 9.92. The number of piperazine rings is 1. The highest BCUT2D eigenvalue weighted by atomic mass is 16.5. The lowest BCUT2D eigenvalue weighted by molar-refractivity contribution is -0.905. The van der Waals surface area contributed by atoms with E-state index in [0.717, 1.165) is 30.7 Å². The SMILES string of the molecule is COc1ccc(O)c(NC(=O)C[N+]2(C)CCN(C)CC2)c1. The molecule has 0 spiro atoms. The van der Waals surface area contributed by atoms with Gasteiger partial charge in [-0.15, -0.1) is 0 Å². The number of methoxy groups -OCH3 is 1. The topological polar surface area (TPSA) is 61.8 Å². The number of likely N-dealkylation sites (N-methyl/N-ethyl adjacent to an activating group) is 2. The van der Waals surface area contributed by atoms with Crippen LogP contribution < -0.4 is 10.1 Å². The molecule has 116 valence electrons. The zero-order chi connectivity index (χ0) is 15.5. The molecular formula is C15H24N3O3+. The van der Waals surface area contributed by atoms with E-state index < -0.39 is 0 Å². The van der Waals surface area contributed by atoms with E-state index in [1.165, 1.54) is 6.07 Å². The third kappa shape index (κ3) is 4.09. The molecule has 6 nitrogen and oxygen atoms in total. The number of rotatable bonds is 4. The summed E-state index contributed by atoms with van der Waals surface area (Å²) >= 11 is 0. The van der Waals surface area contributed by atoms with E-state index in [9.17, 15) is 9.90 Å². The molecule has 0 atom stereocenters. The summed E-state index contributed by atoms with van der Waals surface area (Å²) in [5, 5.41) is 12.6. The molecule has 6 heteroatoms. The lowest BCUT2D eigenvalue weighted by Crippen LogP contribution is -2.58. The van der Waals surface area contributed by atoms with E-state index in [0.29, 0.717) is 18.0 Å². The van der Waals surface area contributed by atoms with Gasteiger partial charge >= 0.3 is 0 Å². The Morgan fingerprint density at radius 1 is 1.43 bits per heavy atom. The molecule has 1 saturated heterocycles. The van der Waals surface area contributed by atoms with Gasteiger partial charge in [0.15, 0.2) is 6.54 Å². The van der Waals surface area contributed by atoms with Crippen molar-refractivity contribution in [2.24, 2.45) is 0 Å². The van der Waals surface area contributed by atoms with Crippen molar-refractivity contribution in [1.29, 1.82) is 0 Å². The number of ether oxygens (including phenoxy) is 1. The standard InChI is InChI=1S/C15H23N3O3/c1-17-6-8-18(2,9-7-17)11-15(20)16-13-10-12(21-3)4-5-14(13)19/h4-5,10H,6-9,11H2,1-3H3,(H-,16,19,20)/p+1. The Labute approximate surface area is 125 Å². The first kappa shape index (κ1) is 15.6. The van der Waals surface area contributed by atoms with Crippen molar-refractivity contribution >= 4 is 11.6 Å². The second-order valence-electron chi connectivity index (χ2n) is 5.96. The van der Waals surface area contributed by atoms with Gasteiger partial charge in [-0.1, -0.05) is 0 Å². The summed E-state index contributed by atoms with van der Waals surface area (Å²) in [6.07, 6.45) is 0. The minimum Gasteiger partial charge on any atom is -0.506 e. The number of carbonyl (C=O) groups excluding carboxylic acids is 1. The van der Waals surface area contributed by atoms with Crippen molar-refractivity contribution in [2.75, 3.05) is 59.2 Å². The number of nitrogens with one attached hydrogen (secondary N) is 1. The van der Waals surface area contributed by atoms with Crippen LogP contribution in [0.1, 0.15) is 0 Å². The summed E-state index contributed by atoms with van der Waals surface area (Å²) in [5.74, 6) is 0.555. The highest BCUT2D eigenvalue weighted by Crippen LogP contribution is 2.27. The van der Waals surface area contributed by atoms with E-state index in [2.05, 4.69) is 24.3 Å². The summed E-state index contributed by atoms with van der Waals surface area (Å²) in [7, 11) is 5.74. The Bertz CT molecular complexity index is 511. The molecule has 1 amide bonds. The lowest BCUT2D eigenvalue weighted by atomic mass is 10.2. The van der Waals surface area contributed by atoms with Crippen LogP contribution in [0, 0.1) is 0 Å². The van der Waals surface area contributed by atoms with Gasteiger partial charge in [-0.25, -0.2) is 0 Å². The molecule has 21 heavy (non-hydrogen) atoms. The maximum atomic E-state index is 12.2. The average Bonchev–Trinajstić information content (AvgIpc) is 2.44. The predicted octanol–water partition coefficient (Wildman–Crippen LogP) is 0.731. The van der Waals surface area contributed by atoms with Gasteiger partial charge in [0.1, 0.15) is 11.5 Å². The number of hydrogen-bond acceptors (Lipinski definition) is 4. The Kier molecular flexibility index (Phi) is 4.69. The fraction of sp³-hybridized carbons (Fsp3) is 0.533. The molecule has 0 unspecified atom stereocenters. The van der Waals surface area contributed by atoms with Crippen LogP contribution in [0.25, 0.3) is 0 Å². The molecule has 1 fully saturated rings. The van der Waals surface area contributed by atoms with Crippen LogP contribution >= 0.6 is 0 Å². The monoisotopic (exact) mass is 294 g/mol. The van der Waals surface area contributed by atoms with Crippen molar-refractivity contribution in [3.63, 3.8) is 0 Å². The van der Waals surface area contributed by atoms with Gasteiger partial charge in [0, 0.05) is 19.2 Å². The number of anilines is 1. The van der Waals surface area contributed by atoms with Gasteiger partial charge in [0.05, 0.1) is 32.9 Å². The molecule has 1 aromatic rings. The molecule has 1 aliphatic heterocycles. The van der Waals surface area contributed by atoms with Crippen LogP contribution in [0.2, 0.25) is 0 Å². The van der Waals surface area contributed by atoms with Crippen molar-refractivity contribution < 1.29 is 19.1 Å². The number of aromatic hydroxyl groups is 1. The quantitative estimate of drug-likeness (QED) is 0.635. The summed E-state index contributed by atoms with van der Waals surface area (Å²) < 4.78 is 5.82. The fourth-order valence-corrected chi connectivity index (χ4v) is 2.48. The molecule has 0 bridgehead atoms. The second kappa shape index (κ2) is 6.32. The van der Waals surface area contributed by atoms with E-state index in [1.54, 1.807) is 19.2 Å². The molecule has 1 heterocycles. The van der Waals surface area contributed by atoms with Crippen LogP contribution in [0.15, 0.2) is 18.2 Å². The smallest absolute Gasteiger partial charge is 0.279 e. The van der Waals surface area contributed by atoms with Gasteiger partial charge in [-0.3, -0.25) is 9.69 Å². The second-order valence-corrected chi connectivity index (χ2v) is 5.96. The van der Waals surface area contributed by atoms with Gasteiger partial charge in [-0.2, -0.15) is 0 Å². The highest BCUT2D eigenvalue weighted by molar-refractivity contribution is 5.93. The van der Waals surface area contributed by atoms with Crippen LogP contribution in [0.5, 0.6) is 11.5 Å². The third-order valence-corrected chi connectivity index (χ3v) is 4.05. The van der Waals surface area contributed by atoms with Crippen LogP contribution in [0.4, 0.5) is 5.69 Å². The van der Waals surface area contributed by atoms with Crippen LogP contribution in [-0.2, 0) is 4.79 Å². The number of carbonyl (C=O) groups is 1. The maximum absolute atomic E-state index is 12.2. The summed E-state index contributed by atoms with van der Waals surface area (Å²) in [5.41, 5.74) is 0.389. The number of amides is 1. The van der Waals surface area contributed by atoms with Crippen molar-refractivity contribution in [3.8, 4) is 11.5 Å². The minimum atomic E-state index is -0.0920. The van der Waals surface area contributed by atoms with Crippen molar-refractivity contribution in [2.45, 2.75) is 0 Å². The number of hydrogen-bond donors (Lipinski definition) is 2. The summed E-state index contributed by atoms with van der Waals surface area (Å²) in [4.78, 5) is 14.5. The predicted molar refractivity (Wildman–Crippen MR) is 81.6 cm³/mol. The number of benzene rings is 1. The number of nitrogens with zero attached hydrogens (tertiary/aromatic N) is 2. The molecule has 2 N–H and O–H groups in total. The van der Waals surface area contributed by atoms with Crippen molar-refractivity contribution in [1.82, 2.24) is 4.90 Å². The largest absolute Gasteiger partial charge is 0.506 e. The fourth-order valence-electron chi connectivity index (χ4n) is 2.48. The molecule has 0 aliphatic carbocycles. The molecule has 2 rings (SSSR count). The van der Waals surface area contributed by atoms with E-state index in [4.69, 9.17) is 4.74 Å². The summed E-state index contributed by atoms with van der Waals surface area (Å²) in [6, 6.07) is 4.79. The number of phenolic OH excluding ortho intramolecular Hbond substituents is 1. The molecular weight excluding hydrogens is 270 g/mol. The normalized spacial score (nSPS) is 18.2. The average molecular weight is 294 g/mol. The van der Waals surface area contributed by atoms with Gasteiger partial charge in [0.25, 0.3) is 5.91 Å². The zero-order valence-electron chi connectivity index (χ0n) is 12.9.